The first-order valence-electron chi connectivity index (χ1n) is 9.34. The molecule has 0 radical (unpaired) electrons. The molecule has 1 aliphatic rings. The summed E-state index contributed by atoms with van der Waals surface area (Å²) in [5.41, 5.74) is 3.10. The zero-order chi connectivity index (χ0) is 18.4. The largest absolute Gasteiger partial charge is 0.331 e. The highest BCUT2D eigenvalue weighted by Crippen LogP contribution is 2.18. The van der Waals surface area contributed by atoms with Crippen LogP contribution in [-0.4, -0.2) is 49.4 Å². The van der Waals surface area contributed by atoms with Gasteiger partial charge in [-0.2, -0.15) is 0 Å². The Morgan fingerprint density at radius 1 is 1.16 bits per heavy atom. The molecule has 2 N–H and O–H groups in total. The number of aryl methyl sites for hydroxylation is 2. The number of benzene rings is 1. The summed E-state index contributed by atoms with van der Waals surface area (Å²) in [6, 6.07) is 6.02. The van der Waals surface area contributed by atoms with Crippen LogP contribution in [0.25, 0.3) is 0 Å². The Kier molecular flexibility index (Phi) is 7.00. The lowest BCUT2D eigenvalue weighted by molar-refractivity contribution is -0.895. The summed E-state index contributed by atoms with van der Waals surface area (Å²) in [5.74, 6) is 0.865. The zero-order valence-corrected chi connectivity index (χ0v) is 16.0. The normalized spacial score (nSPS) is 15.5. The van der Waals surface area contributed by atoms with Gasteiger partial charge in [-0.1, -0.05) is 32.0 Å². The number of quaternary nitrogens is 1. The SMILES string of the molecule is Cc1cccc(C)c1NC(=O)C[NH+]1CCN(C(=O)CCC(C)C)CC1. The van der Waals surface area contributed by atoms with Crippen molar-refractivity contribution in [3.8, 4) is 0 Å². The fourth-order valence-corrected chi connectivity index (χ4v) is 3.24. The lowest BCUT2D eigenvalue weighted by atomic mass is 10.1. The van der Waals surface area contributed by atoms with Crippen LogP contribution in [0.3, 0.4) is 0 Å². The van der Waals surface area contributed by atoms with Crippen molar-refractivity contribution in [2.75, 3.05) is 38.0 Å². The molecule has 1 heterocycles. The second kappa shape index (κ2) is 8.99. The quantitative estimate of drug-likeness (QED) is 0.818. The summed E-state index contributed by atoms with van der Waals surface area (Å²) >= 11 is 0. The predicted octanol–water partition coefficient (Wildman–Crippen LogP) is 1.41. The van der Waals surface area contributed by atoms with Crippen LogP contribution in [0.1, 0.15) is 37.8 Å². The molecule has 0 bridgehead atoms. The number of carbonyl (C=O) groups is 2. The van der Waals surface area contributed by atoms with E-state index in [0.717, 1.165) is 49.4 Å². The van der Waals surface area contributed by atoms with Gasteiger partial charge >= 0.3 is 0 Å². The van der Waals surface area contributed by atoms with Gasteiger partial charge in [0.2, 0.25) is 5.91 Å². The first kappa shape index (κ1) is 19.4. The second-order valence-corrected chi connectivity index (χ2v) is 7.56. The molecule has 5 nitrogen and oxygen atoms in total. The molecule has 0 saturated carbocycles. The number of nitrogens with one attached hydrogen (secondary N) is 2. The number of carbonyl (C=O) groups excluding carboxylic acids is 2. The summed E-state index contributed by atoms with van der Waals surface area (Å²) in [6.07, 6.45) is 1.59. The molecule has 0 atom stereocenters. The van der Waals surface area contributed by atoms with Crippen LogP contribution in [0.5, 0.6) is 0 Å². The molecule has 0 aromatic heterocycles. The minimum Gasteiger partial charge on any atom is -0.331 e. The average molecular weight is 346 g/mol. The molecule has 1 fully saturated rings. The van der Waals surface area contributed by atoms with Crippen LogP contribution < -0.4 is 10.2 Å². The van der Waals surface area contributed by atoms with Crippen LogP contribution in [0.2, 0.25) is 0 Å². The van der Waals surface area contributed by atoms with E-state index >= 15 is 0 Å². The predicted molar refractivity (Wildman–Crippen MR) is 101 cm³/mol. The number of anilines is 1. The maximum atomic E-state index is 12.4. The van der Waals surface area contributed by atoms with Crippen molar-refractivity contribution in [1.29, 1.82) is 0 Å². The molecular formula is C20H32N3O2+. The number of para-hydroxylation sites is 1. The molecular weight excluding hydrogens is 314 g/mol. The Hall–Kier alpha value is -1.88. The molecule has 1 saturated heterocycles. The van der Waals surface area contributed by atoms with Crippen LogP contribution in [-0.2, 0) is 9.59 Å². The second-order valence-electron chi connectivity index (χ2n) is 7.56. The molecule has 2 rings (SSSR count). The van der Waals surface area contributed by atoms with Crippen molar-refractivity contribution in [2.24, 2.45) is 5.92 Å². The average Bonchev–Trinajstić information content (AvgIpc) is 2.57. The Balaban J connectivity index is 1.78. The van der Waals surface area contributed by atoms with Crippen molar-refractivity contribution in [3.05, 3.63) is 29.3 Å². The Labute approximate surface area is 151 Å². The van der Waals surface area contributed by atoms with Crippen molar-refractivity contribution in [2.45, 2.75) is 40.5 Å². The van der Waals surface area contributed by atoms with E-state index in [-0.39, 0.29) is 11.8 Å². The Morgan fingerprint density at radius 2 is 1.76 bits per heavy atom. The van der Waals surface area contributed by atoms with Gasteiger partial charge in [0.1, 0.15) is 0 Å². The molecule has 25 heavy (non-hydrogen) atoms. The van der Waals surface area contributed by atoms with Gasteiger partial charge < -0.3 is 15.1 Å². The number of piperazine rings is 1. The highest BCUT2D eigenvalue weighted by Gasteiger charge is 2.25. The van der Waals surface area contributed by atoms with Gasteiger partial charge in [0.05, 0.1) is 26.2 Å². The van der Waals surface area contributed by atoms with Gasteiger partial charge in [0.25, 0.3) is 5.91 Å². The van der Waals surface area contributed by atoms with Crippen LogP contribution in [0.15, 0.2) is 18.2 Å². The smallest absolute Gasteiger partial charge is 0.279 e. The van der Waals surface area contributed by atoms with Gasteiger partial charge in [-0.15, -0.1) is 0 Å². The minimum absolute atomic E-state index is 0.0481. The molecule has 138 valence electrons. The number of amides is 2. The molecule has 5 heteroatoms. The fraction of sp³-hybridized carbons (Fsp3) is 0.600. The first-order valence-corrected chi connectivity index (χ1v) is 9.34. The van der Waals surface area contributed by atoms with E-state index in [1.54, 1.807) is 0 Å². The number of hydrogen-bond donors (Lipinski definition) is 2. The summed E-state index contributed by atoms with van der Waals surface area (Å²) in [6.45, 7) is 12.0. The van der Waals surface area contributed by atoms with Crippen molar-refractivity contribution >= 4 is 17.5 Å². The summed E-state index contributed by atoms with van der Waals surface area (Å²) in [5, 5.41) is 3.05. The molecule has 1 aliphatic heterocycles. The van der Waals surface area contributed by atoms with Crippen molar-refractivity contribution < 1.29 is 14.5 Å². The van der Waals surface area contributed by atoms with Gasteiger partial charge in [0.15, 0.2) is 6.54 Å². The van der Waals surface area contributed by atoms with Crippen molar-refractivity contribution in [1.82, 2.24) is 4.90 Å². The molecule has 1 aromatic carbocycles. The van der Waals surface area contributed by atoms with Gasteiger partial charge in [-0.3, -0.25) is 9.59 Å². The molecule has 1 aromatic rings. The van der Waals surface area contributed by atoms with Crippen LogP contribution in [0.4, 0.5) is 5.69 Å². The lowest BCUT2D eigenvalue weighted by Gasteiger charge is -2.32. The third-order valence-corrected chi connectivity index (χ3v) is 4.91. The van der Waals surface area contributed by atoms with E-state index in [9.17, 15) is 9.59 Å². The van der Waals surface area contributed by atoms with E-state index in [1.165, 1.54) is 4.90 Å². The van der Waals surface area contributed by atoms with E-state index in [4.69, 9.17) is 0 Å². The zero-order valence-electron chi connectivity index (χ0n) is 16.0. The van der Waals surface area contributed by atoms with Gasteiger partial charge in [0, 0.05) is 12.1 Å². The standard InChI is InChI=1S/C20H31N3O2/c1-15(2)8-9-19(25)23-12-10-22(11-13-23)14-18(24)21-20-16(3)6-5-7-17(20)4/h5-7,15H,8-14H2,1-4H3,(H,21,24)/p+1. The molecule has 0 aliphatic carbocycles. The highest BCUT2D eigenvalue weighted by molar-refractivity contribution is 5.93. The molecule has 0 spiro atoms. The number of nitrogens with zero attached hydrogens (tertiary/aromatic N) is 1. The van der Waals surface area contributed by atoms with Gasteiger partial charge in [-0.05, 0) is 37.3 Å². The van der Waals surface area contributed by atoms with Crippen molar-refractivity contribution in [3.63, 3.8) is 0 Å². The maximum absolute atomic E-state index is 12.4. The monoisotopic (exact) mass is 346 g/mol. The minimum atomic E-state index is 0.0481. The van der Waals surface area contributed by atoms with Gasteiger partial charge in [-0.25, -0.2) is 0 Å². The van der Waals surface area contributed by atoms with E-state index in [2.05, 4.69) is 19.2 Å². The lowest BCUT2D eigenvalue weighted by Crippen LogP contribution is -3.15. The Bertz CT molecular complexity index is 585. The van der Waals surface area contributed by atoms with Crippen LogP contribution >= 0.6 is 0 Å². The summed E-state index contributed by atoms with van der Waals surface area (Å²) in [7, 11) is 0. The first-order chi connectivity index (χ1) is 11.9. The highest BCUT2D eigenvalue weighted by atomic mass is 16.2. The number of hydrogen-bond acceptors (Lipinski definition) is 2. The summed E-state index contributed by atoms with van der Waals surface area (Å²) in [4.78, 5) is 27.8. The fourth-order valence-electron chi connectivity index (χ4n) is 3.24. The van der Waals surface area contributed by atoms with E-state index in [1.807, 2.05) is 36.9 Å². The third-order valence-electron chi connectivity index (χ3n) is 4.91. The molecule has 0 unspecified atom stereocenters. The third kappa shape index (κ3) is 5.85. The molecule has 2 amide bonds. The topological polar surface area (TPSA) is 53.9 Å². The Morgan fingerprint density at radius 3 is 2.32 bits per heavy atom. The maximum Gasteiger partial charge on any atom is 0.279 e. The van der Waals surface area contributed by atoms with Crippen LogP contribution in [0, 0.1) is 19.8 Å². The number of rotatable bonds is 6. The van der Waals surface area contributed by atoms with E-state index in [0.29, 0.717) is 18.9 Å². The van der Waals surface area contributed by atoms with E-state index < -0.39 is 0 Å². The summed E-state index contributed by atoms with van der Waals surface area (Å²) < 4.78 is 0.